The lowest BCUT2D eigenvalue weighted by atomic mass is 10.2. The lowest BCUT2D eigenvalue weighted by molar-refractivity contribution is -0.116. The van der Waals surface area contributed by atoms with Crippen molar-refractivity contribution >= 4 is 46.2 Å². The van der Waals surface area contributed by atoms with E-state index < -0.39 is 0 Å². The van der Waals surface area contributed by atoms with Crippen molar-refractivity contribution in [2.45, 2.75) is 29.4 Å². The number of carbonyl (C=O) groups is 1. The molecule has 5 rings (SSSR count). The Hall–Kier alpha value is -3.04. The minimum absolute atomic E-state index is 0.118. The maximum Gasteiger partial charge on any atom is 0.265 e. The summed E-state index contributed by atoms with van der Waals surface area (Å²) in [7, 11) is 0. The molecule has 1 aliphatic heterocycles. The van der Waals surface area contributed by atoms with Crippen LogP contribution in [0, 0.1) is 6.92 Å². The summed E-state index contributed by atoms with van der Waals surface area (Å²) in [5.41, 5.74) is 3.12. The third-order valence-electron chi connectivity index (χ3n) is 5.52. The number of para-hydroxylation sites is 2. The molecular formula is C23H21N5O2S2. The van der Waals surface area contributed by atoms with Crippen molar-refractivity contribution in [3.63, 3.8) is 0 Å². The number of hydrogen-bond acceptors (Lipinski definition) is 6. The third kappa shape index (κ3) is 3.61. The van der Waals surface area contributed by atoms with Crippen LogP contribution in [0.5, 0.6) is 0 Å². The highest BCUT2D eigenvalue weighted by Gasteiger charge is 2.29. The molecule has 1 N–H and O–H groups in total. The van der Waals surface area contributed by atoms with Crippen molar-refractivity contribution in [1.82, 2.24) is 19.3 Å². The number of anilines is 1. The zero-order valence-corrected chi connectivity index (χ0v) is 19.2. The Labute approximate surface area is 193 Å². The van der Waals surface area contributed by atoms with Gasteiger partial charge in [0, 0.05) is 17.1 Å². The van der Waals surface area contributed by atoms with E-state index >= 15 is 0 Å². The summed E-state index contributed by atoms with van der Waals surface area (Å²) in [6.45, 7) is 2.00. The topological polar surface area (TPSA) is 81.8 Å². The molecule has 0 fully saturated rings. The number of thioether (sulfide) groups is 2. The third-order valence-corrected chi connectivity index (χ3v) is 7.41. The van der Waals surface area contributed by atoms with E-state index in [1.165, 1.54) is 11.8 Å². The van der Waals surface area contributed by atoms with E-state index in [2.05, 4.69) is 10.4 Å². The summed E-state index contributed by atoms with van der Waals surface area (Å²) >= 11 is 3.08. The highest BCUT2D eigenvalue weighted by atomic mass is 32.2. The number of aryl methyl sites for hydroxylation is 1. The van der Waals surface area contributed by atoms with Gasteiger partial charge in [0.15, 0.2) is 10.8 Å². The Bertz CT molecular complexity index is 1390. The van der Waals surface area contributed by atoms with Gasteiger partial charge in [-0.05, 0) is 36.9 Å². The minimum Gasteiger partial charge on any atom is -0.325 e. The van der Waals surface area contributed by atoms with Crippen molar-refractivity contribution < 1.29 is 4.79 Å². The lowest BCUT2D eigenvalue weighted by Gasteiger charge is -2.14. The SMILES string of the molecule is CSc1ccccc1NC(=O)CC1CSc2nc3c(cnn3-c3ccccc3C)c(=O)n21. The second-order valence-corrected chi connectivity index (χ2v) is 9.40. The smallest absolute Gasteiger partial charge is 0.265 e. The fourth-order valence-corrected chi connectivity index (χ4v) is 5.61. The van der Waals surface area contributed by atoms with Gasteiger partial charge >= 0.3 is 0 Å². The first kappa shape index (κ1) is 20.8. The number of benzene rings is 2. The normalized spacial score (nSPS) is 15.1. The van der Waals surface area contributed by atoms with E-state index in [1.54, 1.807) is 27.2 Å². The number of nitrogens with one attached hydrogen (secondary N) is 1. The summed E-state index contributed by atoms with van der Waals surface area (Å²) in [6, 6.07) is 15.3. The lowest BCUT2D eigenvalue weighted by Crippen LogP contribution is -2.27. The Morgan fingerprint density at radius 2 is 2.00 bits per heavy atom. The predicted molar refractivity (Wildman–Crippen MR) is 129 cm³/mol. The second kappa shape index (κ2) is 8.48. The maximum atomic E-state index is 13.3. The second-order valence-electron chi connectivity index (χ2n) is 7.57. The quantitative estimate of drug-likeness (QED) is 0.351. The van der Waals surface area contributed by atoms with E-state index in [4.69, 9.17) is 4.98 Å². The minimum atomic E-state index is -0.248. The molecule has 7 nitrogen and oxygen atoms in total. The molecule has 1 unspecified atom stereocenters. The monoisotopic (exact) mass is 463 g/mol. The Balaban J connectivity index is 1.45. The average Bonchev–Trinajstić information content (AvgIpc) is 3.39. The molecule has 1 amide bonds. The molecule has 1 atom stereocenters. The largest absolute Gasteiger partial charge is 0.325 e. The van der Waals surface area contributed by atoms with Gasteiger partial charge < -0.3 is 5.32 Å². The van der Waals surface area contributed by atoms with E-state index in [0.29, 0.717) is 21.9 Å². The molecule has 0 spiro atoms. The molecule has 2 aromatic carbocycles. The number of hydrogen-bond donors (Lipinski definition) is 1. The number of nitrogens with zero attached hydrogens (tertiary/aromatic N) is 4. The molecule has 4 aromatic rings. The van der Waals surface area contributed by atoms with Crippen LogP contribution in [0.1, 0.15) is 18.0 Å². The van der Waals surface area contributed by atoms with Crippen LogP contribution in [0.4, 0.5) is 5.69 Å². The number of aromatic nitrogens is 4. The van der Waals surface area contributed by atoms with Crippen LogP contribution < -0.4 is 10.9 Å². The van der Waals surface area contributed by atoms with Crippen molar-refractivity contribution in [1.29, 1.82) is 0 Å². The van der Waals surface area contributed by atoms with Gasteiger partial charge in [0.05, 0.1) is 23.6 Å². The fraction of sp³-hybridized carbons (Fsp3) is 0.217. The van der Waals surface area contributed by atoms with Crippen molar-refractivity contribution in [3.05, 3.63) is 70.6 Å². The summed E-state index contributed by atoms with van der Waals surface area (Å²) in [5, 5.41) is 8.51. The number of carbonyl (C=O) groups excluding carboxylic acids is 1. The number of fused-ring (bicyclic) bond motifs is 2. The molecule has 0 saturated carbocycles. The van der Waals surface area contributed by atoms with Gasteiger partial charge in [0.25, 0.3) is 5.56 Å². The zero-order chi connectivity index (χ0) is 22.2. The van der Waals surface area contributed by atoms with Crippen LogP contribution in [-0.2, 0) is 4.79 Å². The molecule has 2 aromatic heterocycles. The van der Waals surface area contributed by atoms with Crippen molar-refractivity contribution in [2.24, 2.45) is 0 Å². The van der Waals surface area contributed by atoms with Crippen molar-refractivity contribution in [2.75, 3.05) is 17.3 Å². The van der Waals surface area contributed by atoms with Crippen LogP contribution >= 0.6 is 23.5 Å². The summed E-state index contributed by atoms with van der Waals surface area (Å²) < 4.78 is 3.36. The molecule has 0 aliphatic carbocycles. The highest BCUT2D eigenvalue weighted by Crippen LogP contribution is 2.34. The molecule has 1 aliphatic rings. The first-order valence-corrected chi connectivity index (χ1v) is 12.4. The van der Waals surface area contributed by atoms with Crippen LogP contribution in [0.25, 0.3) is 16.7 Å². The molecule has 32 heavy (non-hydrogen) atoms. The van der Waals surface area contributed by atoms with Gasteiger partial charge in [-0.1, -0.05) is 42.1 Å². The molecule has 9 heteroatoms. The van der Waals surface area contributed by atoms with Gasteiger partial charge in [0.1, 0.15) is 5.39 Å². The van der Waals surface area contributed by atoms with E-state index in [-0.39, 0.29) is 23.9 Å². The summed E-state index contributed by atoms with van der Waals surface area (Å²) in [5.74, 6) is 0.511. The molecule has 162 valence electrons. The van der Waals surface area contributed by atoms with Crippen LogP contribution in [0.2, 0.25) is 0 Å². The number of amides is 1. The average molecular weight is 464 g/mol. The first-order chi connectivity index (χ1) is 15.6. The maximum absolute atomic E-state index is 13.3. The van der Waals surface area contributed by atoms with Crippen LogP contribution in [-0.4, -0.2) is 37.2 Å². The Kier molecular flexibility index (Phi) is 5.52. The van der Waals surface area contributed by atoms with E-state index in [9.17, 15) is 9.59 Å². The molecule has 0 radical (unpaired) electrons. The zero-order valence-electron chi connectivity index (χ0n) is 17.6. The van der Waals surface area contributed by atoms with Gasteiger partial charge in [-0.15, -0.1) is 11.8 Å². The molecular weight excluding hydrogens is 442 g/mol. The standard InChI is InChI=1S/C23H21N5O2S2/c1-14-7-3-5-9-18(14)28-21-16(12-24-28)22(30)27-15(13-32-23(27)26-21)11-20(29)25-17-8-4-6-10-19(17)31-2/h3-10,12,15H,11,13H2,1-2H3,(H,25,29). The van der Waals surface area contributed by atoms with Gasteiger partial charge in [-0.2, -0.15) is 5.10 Å². The Morgan fingerprint density at radius 3 is 2.81 bits per heavy atom. The molecule has 0 bridgehead atoms. The fourth-order valence-electron chi connectivity index (χ4n) is 3.92. The molecule has 3 heterocycles. The Morgan fingerprint density at radius 1 is 1.22 bits per heavy atom. The van der Waals surface area contributed by atoms with Gasteiger partial charge in [-0.3, -0.25) is 14.2 Å². The summed E-state index contributed by atoms with van der Waals surface area (Å²) in [6.07, 6.45) is 3.75. The van der Waals surface area contributed by atoms with Gasteiger partial charge in [-0.25, -0.2) is 9.67 Å². The number of rotatable bonds is 5. The predicted octanol–water partition coefficient (Wildman–Crippen LogP) is 4.29. The highest BCUT2D eigenvalue weighted by molar-refractivity contribution is 7.99. The molecule has 0 saturated heterocycles. The first-order valence-electron chi connectivity index (χ1n) is 10.2. The summed E-state index contributed by atoms with van der Waals surface area (Å²) in [4.78, 5) is 31.8. The van der Waals surface area contributed by atoms with Gasteiger partial charge in [0.2, 0.25) is 5.91 Å². The van der Waals surface area contributed by atoms with Crippen LogP contribution in [0.15, 0.2) is 69.6 Å². The van der Waals surface area contributed by atoms with Crippen molar-refractivity contribution in [3.8, 4) is 5.69 Å². The van der Waals surface area contributed by atoms with Crippen LogP contribution in [0.3, 0.4) is 0 Å². The van der Waals surface area contributed by atoms with E-state index in [1.807, 2.05) is 61.7 Å². The van der Waals surface area contributed by atoms with E-state index in [0.717, 1.165) is 21.8 Å².